The maximum Gasteiger partial charge on any atom is 0.221 e. The largest absolute Gasteiger partial charge is 0.344 e. The summed E-state index contributed by atoms with van der Waals surface area (Å²) in [6.45, 7) is 0. The van der Waals surface area contributed by atoms with Crippen LogP contribution in [0.3, 0.4) is 0 Å². The first-order valence-electron chi connectivity index (χ1n) is 3.94. The van der Waals surface area contributed by atoms with Crippen molar-refractivity contribution in [1.29, 1.82) is 0 Å². The van der Waals surface area contributed by atoms with E-state index < -0.39 is 0 Å². The van der Waals surface area contributed by atoms with Crippen LogP contribution < -0.4 is 5.32 Å². The quantitative estimate of drug-likeness (QED) is 0.559. The number of nitrogens with one attached hydrogen (secondary N) is 1. The molecule has 0 aromatic carbocycles. The monoisotopic (exact) mass is 163 g/mol. The predicted octanol–water partition coefficient (Wildman–Crippen LogP) is 0.330. The molecule has 1 aliphatic heterocycles. The summed E-state index contributed by atoms with van der Waals surface area (Å²) in [4.78, 5) is 21.7. The molecular formula is C9H9NO2. The van der Waals surface area contributed by atoms with E-state index >= 15 is 0 Å². The molecule has 62 valence electrons. The van der Waals surface area contributed by atoms with Crippen LogP contribution in [0.4, 0.5) is 0 Å². The number of amides is 1. The Labute approximate surface area is 70.1 Å². The average Bonchev–Trinajstić information content (AvgIpc) is 2.40. The zero-order valence-corrected chi connectivity index (χ0v) is 6.54. The molecule has 0 unspecified atom stereocenters. The summed E-state index contributed by atoms with van der Waals surface area (Å²) >= 11 is 0. The number of carbonyl (C=O) groups is 2. The molecule has 12 heavy (non-hydrogen) atoms. The number of hydrogen-bond acceptors (Lipinski definition) is 2. The van der Waals surface area contributed by atoms with E-state index in [-0.39, 0.29) is 17.2 Å². The van der Waals surface area contributed by atoms with Gasteiger partial charge in [-0.25, -0.2) is 0 Å². The van der Waals surface area contributed by atoms with E-state index in [1.54, 1.807) is 12.2 Å². The van der Waals surface area contributed by atoms with Gasteiger partial charge in [0.15, 0.2) is 5.78 Å². The van der Waals surface area contributed by atoms with Crippen molar-refractivity contribution in [2.75, 3.05) is 0 Å². The van der Waals surface area contributed by atoms with E-state index in [9.17, 15) is 9.59 Å². The van der Waals surface area contributed by atoms with Gasteiger partial charge in [-0.1, -0.05) is 12.2 Å². The van der Waals surface area contributed by atoms with Gasteiger partial charge in [0.1, 0.15) is 0 Å². The van der Waals surface area contributed by atoms with Gasteiger partial charge >= 0.3 is 0 Å². The van der Waals surface area contributed by atoms with Gasteiger partial charge in [0.2, 0.25) is 5.91 Å². The lowest BCUT2D eigenvalue weighted by Gasteiger charge is -2.22. The molecular weight excluding hydrogens is 154 g/mol. The minimum atomic E-state index is -0.356. The van der Waals surface area contributed by atoms with Crippen molar-refractivity contribution < 1.29 is 9.59 Å². The van der Waals surface area contributed by atoms with Gasteiger partial charge in [0, 0.05) is 6.42 Å². The molecule has 1 saturated heterocycles. The molecule has 0 radical (unpaired) electrons. The summed E-state index contributed by atoms with van der Waals surface area (Å²) in [6.07, 6.45) is 7.84. The summed E-state index contributed by atoms with van der Waals surface area (Å²) < 4.78 is 0. The molecule has 0 aromatic rings. The zero-order valence-electron chi connectivity index (χ0n) is 6.54. The van der Waals surface area contributed by atoms with Crippen molar-refractivity contribution >= 4 is 11.7 Å². The zero-order chi connectivity index (χ0) is 8.60. The highest BCUT2D eigenvalue weighted by atomic mass is 16.2. The van der Waals surface area contributed by atoms with Gasteiger partial charge in [-0.3, -0.25) is 9.59 Å². The van der Waals surface area contributed by atoms with Crippen LogP contribution >= 0.6 is 0 Å². The fourth-order valence-corrected chi connectivity index (χ4v) is 1.53. The van der Waals surface area contributed by atoms with Gasteiger partial charge in [-0.05, 0) is 18.6 Å². The predicted molar refractivity (Wildman–Crippen MR) is 43.4 cm³/mol. The standard InChI is InChI=1S/C9H9NO2/c11-7-1-4-9(5-2-7)6-3-8(12)10-9/h1-2,4-5H,3,6H2,(H,10,12). The smallest absolute Gasteiger partial charge is 0.221 e. The van der Waals surface area contributed by atoms with Gasteiger partial charge in [0.05, 0.1) is 5.54 Å². The van der Waals surface area contributed by atoms with Crippen molar-refractivity contribution in [3.63, 3.8) is 0 Å². The van der Waals surface area contributed by atoms with Crippen LogP contribution in [-0.2, 0) is 9.59 Å². The summed E-state index contributed by atoms with van der Waals surface area (Å²) in [5.41, 5.74) is -0.356. The van der Waals surface area contributed by atoms with E-state index in [1.807, 2.05) is 0 Å². The van der Waals surface area contributed by atoms with Crippen molar-refractivity contribution in [3.8, 4) is 0 Å². The van der Waals surface area contributed by atoms with Crippen molar-refractivity contribution in [3.05, 3.63) is 24.3 Å². The molecule has 2 aliphatic rings. The Bertz CT molecular complexity index is 286. The molecule has 1 N–H and O–H groups in total. The molecule has 0 saturated carbocycles. The van der Waals surface area contributed by atoms with Gasteiger partial charge in [-0.15, -0.1) is 0 Å². The van der Waals surface area contributed by atoms with E-state index in [1.165, 1.54) is 12.2 Å². The molecule has 1 fully saturated rings. The maximum absolute atomic E-state index is 10.9. The Balaban J connectivity index is 2.25. The van der Waals surface area contributed by atoms with Gasteiger partial charge < -0.3 is 5.32 Å². The lowest BCUT2D eigenvalue weighted by atomic mass is 9.92. The Morgan fingerprint density at radius 2 is 1.92 bits per heavy atom. The summed E-state index contributed by atoms with van der Waals surface area (Å²) in [5.74, 6) is 0.0421. The molecule has 0 bridgehead atoms. The molecule has 3 heteroatoms. The molecule has 2 rings (SSSR count). The Morgan fingerprint density at radius 3 is 2.42 bits per heavy atom. The molecule has 0 aromatic heterocycles. The lowest BCUT2D eigenvalue weighted by Crippen LogP contribution is -2.38. The van der Waals surface area contributed by atoms with Crippen molar-refractivity contribution in [1.82, 2.24) is 5.32 Å². The second-order valence-electron chi connectivity index (χ2n) is 3.16. The normalized spacial score (nSPS) is 25.0. The van der Waals surface area contributed by atoms with Crippen molar-refractivity contribution in [2.24, 2.45) is 0 Å². The van der Waals surface area contributed by atoms with Crippen LogP contribution in [0, 0.1) is 0 Å². The molecule has 1 aliphatic carbocycles. The topological polar surface area (TPSA) is 46.2 Å². The van der Waals surface area contributed by atoms with Crippen LogP contribution in [0.25, 0.3) is 0 Å². The molecule has 1 spiro atoms. The number of ketones is 1. The fourth-order valence-electron chi connectivity index (χ4n) is 1.53. The Hall–Kier alpha value is -1.38. The van der Waals surface area contributed by atoms with E-state index in [0.717, 1.165) is 6.42 Å². The highest BCUT2D eigenvalue weighted by Gasteiger charge is 2.34. The maximum atomic E-state index is 10.9. The van der Waals surface area contributed by atoms with Crippen LogP contribution in [0.15, 0.2) is 24.3 Å². The van der Waals surface area contributed by atoms with E-state index in [4.69, 9.17) is 0 Å². The lowest BCUT2D eigenvalue weighted by molar-refractivity contribution is -0.119. The van der Waals surface area contributed by atoms with Crippen LogP contribution in [-0.4, -0.2) is 17.2 Å². The average molecular weight is 163 g/mol. The first-order valence-corrected chi connectivity index (χ1v) is 3.94. The van der Waals surface area contributed by atoms with Crippen LogP contribution in [0.1, 0.15) is 12.8 Å². The van der Waals surface area contributed by atoms with Crippen molar-refractivity contribution in [2.45, 2.75) is 18.4 Å². The third kappa shape index (κ3) is 1.07. The summed E-state index contributed by atoms with van der Waals surface area (Å²) in [7, 11) is 0. The first-order chi connectivity index (χ1) is 5.70. The Morgan fingerprint density at radius 1 is 1.25 bits per heavy atom. The highest BCUT2D eigenvalue weighted by molar-refractivity contribution is 6.01. The van der Waals surface area contributed by atoms with Gasteiger partial charge in [-0.2, -0.15) is 0 Å². The Kier molecular flexibility index (Phi) is 1.40. The second kappa shape index (κ2) is 2.30. The highest BCUT2D eigenvalue weighted by Crippen LogP contribution is 2.25. The summed E-state index contributed by atoms with van der Waals surface area (Å²) in [6, 6.07) is 0. The minimum Gasteiger partial charge on any atom is -0.344 e. The van der Waals surface area contributed by atoms with Crippen LogP contribution in [0.2, 0.25) is 0 Å². The third-order valence-electron chi connectivity index (χ3n) is 2.23. The number of allylic oxidation sites excluding steroid dienone is 2. The third-order valence-corrected chi connectivity index (χ3v) is 2.23. The molecule has 1 amide bonds. The SMILES string of the molecule is O=C1C=CC2(C=C1)CCC(=O)N2. The summed E-state index contributed by atoms with van der Waals surface area (Å²) in [5, 5.41) is 2.82. The first kappa shape index (κ1) is 7.28. The number of rotatable bonds is 0. The van der Waals surface area contributed by atoms with E-state index in [2.05, 4.69) is 5.32 Å². The van der Waals surface area contributed by atoms with Gasteiger partial charge in [0.25, 0.3) is 0 Å². The number of carbonyl (C=O) groups excluding carboxylic acids is 2. The van der Waals surface area contributed by atoms with Crippen LogP contribution in [0.5, 0.6) is 0 Å². The molecule has 3 nitrogen and oxygen atoms in total. The minimum absolute atomic E-state index is 0.0122. The van der Waals surface area contributed by atoms with E-state index in [0.29, 0.717) is 6.42 Å². The fraction of sp³-hybridized carbons (Fsp3) is 0.333. The molecule has 0 atom stereocenters. The number of hydrogen-bond donors (Lipinski definition) is 1. The second-order valence-corrected chi connectivity index (χ2v) is 3.16. The molecule has 1 heterocycles.